The van der Waals surface area contributed by atoms with Crippen LogP contribution in [0, 0.1) is 0 Å². The standard InChI is InChI=1S/C8H7N3OS/c9-6-2-1-4-11(7(6)12)8-10-3-5-13-8/h1-5H,9H2. The fourth-order valence-electron chi connectivity index (χ4n) is 0.996. The zero-order valence-corrected chi connectivity index (χ0v) is 7.49. The third kappa shape index (κ3) is 1.33. The largest absolute Gasteiger partial charge is 0.394 e. The number of anilines is 1. The van der Waals surface area contributed by atoms with Gasteiger partial charge in [-0.1, -0.05) is 0 Å². The molecule has 0 saturated heterocycles. The molecular weight excluding hydrogens is 186 g/mol. The van der Waals surface area contributed by atoms with Crippen LogP contribution in [0.4, 0.5) is 5.69 Å². The van der Waals surface area contributed by atoms with E-state index in [1.807, 2.05) is 5.38 Å². The predicted octanol–water partition coefficient (Wildman–Crippen LogP) is 0.876. The zero-order chi connectivity index (χ0) is 9.26. The van der Waals surface area contributed by atoms with Crippen molar-refractivity contribution in [3.63, 3.8) is 0 Å². The van der Waals surface area contributed by atoms with E-state index in [0.717, 1.165) is 0 Å². The number of hydrogen-bond acceptors (Lipinski definition) is 4. The number of rotatable bonds is 1. The van der Waals surface area contributed by atoms with E-state index < -0.39 is 0 Å². The summed E-state index contributed by atoms with van der Waals surface area (Å²) >= 11 is 1.40. The molecule has 2 N–H and O–H groups in total. The number of aromatic nitrogens is 2. The van der Waals surface area contributed by atoms with E-state index >= 15 is 0 Å². The molecule has 0 amide bonds. The molecule has 2 aromatic rings. The van der Waals surface area contributed by atoms with E-state index in [1.54, 1.807) is 24.5 Å². The molecule has 2 aromatic heterocycles. The molecule has 0 saturated carbocycles. The SMILES string of the molecule is Nc1cccn(-c2nccs2)c1=O. The van der Waals surface area contributed by atoms with Gasteiger partial charge in [0.25, 0.3) is 5.56 Å². The third-order valence-electron chi connectivity index (χ3n) is 1.60. The van der Waals surface area contributed by atoms with Crippen LogP contribution in [0.15, 0.2) is 34.7 Å². The van der Waals surface area contributed by atoms with Crippen LogP contribution in [0.2, 0.25) is 0 Å². The fraction of sp³-hybridized carbons (Fsp3) is 0. The molecule has 4 nitrogen and oxygen atoms in total. The number of thiazole rings is 1. The van der Waals surface area contributed by atoms with Crippen molar-refractivity contribution in [2.24, 2.45) is 0 Å². The van der Waals surface area contributed by atoms with Crippen LogP contribution in [-0.2, 0) is 0 Å². The van der Waals surface area contributed by atoms with E-state index in [2.05, 4.69) is 4.98 Å². The summed E-state index contributed by atoms with van der Waals surface area (Å²) in [6.45, 7) is 0. The lowest BCUT2D eigenvalue weighted by Crippen LogP contribution is -2.20. The first-order chi connectivity index (χ1) is 6.29. The lowest BCUT2D eigenvalue weighted by atomic mass is 10.4. The molecule has 0 aliphatic rings. The molecule has 13 heavy (non-hydrogen) atoms. The molecule has 0 spiro atoms. The minimum Gasteiger partial charge on any atom is -0.394 e. The van der Waals surface area contributed by atoms with Gasteiger partial charge in [-0.15, -0.1) is 11.3 Å². The van der Waals surface area contributed by atoms with Crippen molar-refractivity contribution in [2.75, 3.05) is 5.73 Å². The van der Waals surface area contributed by atoms with E-state index in [9.17, 15) is 4.79 Å². The van der Waals surface area contributed by atoms with Crippen LogP contribution in [0.3, 0.4) is 0 Å². The van der Waals surface area contributed by atoms with Gasteiger partial charge in [0.2, 0.25) is 0 Å². The van der Waals surface area contributed by atoms with E-state index in [0.29, 0.717) is 5.13 Å². The predicted molar refractivity (Wildman–Crippen MR) is 52.1 cm³/mol. The molecule has 0 radical (unpaired) electrons. The molecule has 0 bridgehead atoms. The minimum atomic E-state index is -0.225. The van der Waals surface area contributed by atoms with Crippen LogP contribution in [0.1, 0.15) is 0 Å². The topological polar surface area (TPSA) is 60.9 Å². The third-order valence-corrected chi connectivity index (χ3v) is 2.37. The molecule has 0 aliphatic heterocycles. The molecule has 0 aliphatic carbocycles. The van der Waals surface area contributed by atoms with Crippen LogP contribution in [0.5, 0.6) is 0 Å². The molecule has 5 heteroatoms. The monoisotopic (exact) mass is 193 g/mol. The van der Waals surface area contributed by atoms with Gasteiger partial charge in [-0.3, -0.25) is 9.36 Å². The zero-order valence-electron chi connectivity index (χ0n) is 6.68. The smallest absolute Gasteiger partial charge is 0.280 e. The molecule has 0 unspecified atom stereocenters. The summed E-state index contributed by atoms with van der Waals surface area (Å²) in [6, 6.07) is 3.30. The Labute approximate surface area is 78.3 Å². The Morgan fingerprint density at radius 3 is 3.08 bits per heavy atom. The molecule has 2 rings (SSSR count). The highest BCUT2D eigenvalue weighted by Crippen LogP contribution is 2.08. The van der Waals surface area contributed by atoms with E-state index in [-0.39, 0.29) is 11.2 Å². The van der Waals surface area contributed by atoms with Crippen molar-refractivity contribution in [1.82, 2.24) is 9.55 Å². The maximum Gasteiger partial charge on any atom is 0.280 e. The normalized spacial score (nSPS) is 10.2. The van der Waals surface area contributed by atoms with Gasteiger partial charge in [-0.25, -0.2) is 4.98 Å². The van der Waals surface area contributed by atoms with Gasteiger partial charge in [0.15, 0.2) is 5.13 Å². The van der Waals surface area contributed by atoms with Gasteiger partial charge in [-0.05, 0) is 12.1 Å². The van der Waals surface area contributed by atoms with Gasteiger partial charge in [-0.2, -0.15) is 0 Å². The van der Waals surface area contributed by atoms with Crippen molar-refractivity contribution in [3.8, 4) is 5.13 Å². The van der Waals surface area contributed by atoms with Crippen molar-refractivity contribution in [1.29, 1.82) is 0 Å². The summed E-state index contributed by atoms with van der Waals surface area (Å²) < 4.78 is 1.43. The number of pyridine rings is 1. The van der Waals surface area contributed by atoms with Crippen molar-refractivity contribution >= 4 is 17.0 Å². The second kappa shape index (κ2) is 3.02. The highest BCUT2D eigenvalue weighted by Gasteiger charge is 2.02. The maximum atomic E-state index is 11.5. The summed E-state index contributed by atoms with van der Waals surface area (Å²) in [7, 11) is 0. The Bertz CT molecular complexity index is 460. The Morgan fingerprint density at radius 1 is 1.54 bits per heavy atom. The molecule has 2 heterocycles. The molecule has 66 valence electrons. The van der Waals surface area contributed by atoms with Crippen molar-refractivity contribution in [3.05, 3.63) is 40.3 Å². The Kier molecular flexibility index (Phi) is 1.86. The molecule has 0 atom stereocenters. The first kappa shape index (κ1) is 8.00. The van der Waals surface area contributed by atoms with E-state index in [4.69, 9.17) is 5.73 Å². The number of hydrogen-bond donors (Lipinski definition) is 1. The Hall–Kier alpha value is -1.62. The second-order valence-electron chi connectivity index (χ2n) is 2.45. The highest BCUT2D eigenvalue weighted by molar-refractivity contribution is 7.12. The van der Waals surface area contributed by atoms with Crippen molar-refractivity contribution < 1.29 is 0 Å². The van der Waals surface area contributed by atoms with E-state index in [1.165, 1.54) is 15.9 Å². The van der Waals surface area contributed by atoms with Crippen LogP contribution >= 0.6 is 11.3 Å². The fourth-order valence-corrected chi connectivity index (χ4v) is 1.62. The molecule has 0 fully saturated rings. The quantitative estimate of drug-likeness (QED) is 0.731. The lowest BCUT2D eigenvalue weighted by molar-refractivity contribution is 0.976. The summed E-state index contributed by atoms with van der Waals surface area (Å²) in [5.74, 6) is 0. The van der Waals surface area contributed by atoms with Gasteiger partial charge in [0.1, 0.15) is 0 Å². The molecule has 0 aromatic carbocycles. The maximum absolute atomic E-state index is 11.5. The summed E-state index contributed by atoms with van der Waals surface area (Å²) in [4.78, 5) is 15.5. The Balaban J connectivity index is 2.66. The summed E-state index contributed by atoms with van der Waals surface area (Å²) in [5, 5.41) is 2.45. The summed E-state index contributed by atoms with van der Waals surface area (Å²) in [6.07, 6.45) is 3.30. The van der Waals surface area contributed by atoms with Crippen molar-refractivity contribution in [2.45, 2.75) is 0 Å². The van der Waals surface area contributed by atoms with Gasteiger partial charge < -0.3 is 5.73 Å². The average Bonchev–Trinajstić information content (AvgIpc) is 2.62. The number of nitrogen functional groups attached to an aromatic ring is 1. The van der Waals surface area contributed by atoms with Crippen LogP contribution < -0.4 is 11.3 Å². The lowest BCUT2D eigenvalue weighted by Gasteiger charge is -2.00. The highest BCUT2D eigenvalue weighted by atomic mass is 32.1. The first-order valence-corrected chi connectivity index (χ1v) is 4.54. The van der Waals surface area contributed by atoms with Crippen LogP contribution in [-0.4, -0.2) is 9.55 Å². The number of nitrogens with zero attached hydrogens (tertiary/aromatic N) is 2. The Morgan fingerprint density at radius 2 is 2.38 bits per heavy atom. The number of nitrogens with two attached hydrogens (primary N) is 1. The minimum absolute atomic E-state index is 0.225. The molecular formula is C8H7N3OS. The van der Waals surface area contributed by atoms with Gasteiger partial charge >= 0.3 is 0 Å². The van der Waals surface area contributed by atoms with Gasteiger partial charge in [0, 0.05) is 17.8 Å². The van der Waals surface area contributed by atoms with Crippen LogP contribution in [0.25, 0.3) is 5.13 Å². The second-order valence-corrected chi connectivity index (χ2v) is 3.33. The first-order valence-electron chi connectivity index (χ1n) is 3.66. The van der Waals surface area contributed by atoms with Gasteiger partial charge in [0.05, 0.1) is 5.69 Å². The summed E-state index contributed by atoms with van der Waals surface area (Å²) in [5.41, 5.74) is 5.48. The average molecular weight is 193 g/mol.